The zero-order valence-electron chi connectivity index (χ0n) is 12.1. The molecule has 0 amide bonds. The minimum Gasteiger partial charge on any atom is -0.368 e. The van der Waals surface area contributed by atoms with Crippen molar-refractivity contribution in [1.29, 1.82) is 0 Å². The molecule has 6 nitrogen and oxygen atoms in total. The minimum atomic E-state index is 0.223. The van der Waals surface area contributed by atoms with Gasteiger partial charge in [0.1, 0.15) is 0 Å². The third-order valence-corrected chi connectivity index (χ3v) is 4.44. The highest BCUT2D eigenvalue weighted by molar-refractivity contribution is 7.98. The molecule has 2 aromatic rings. The molecule has 0 aliphatic rings. The lowest BCUT2D eigenvalue weighted by atomic mass is 10.3. The molecular formula is C12H19ClN6S. The van der Waals surface area contributed by atoms with Crippen molar-refractivity contribution in [2.45, 2.75) is 44.1 Å². The molecule has 20 heavy (non-hydrogen) atoms. The van der Waals surface area contributed by atoms with Gasteiger partial charge in [0.2, 0.25) is 5.95 Å². The number of aromatic nitrogens is 5. The van der Waals surface area contributed by atoms with Gasteiger partial charge in [-0.1, -0.05) is 30.3 Å². The Balaban J connectivity index is 2.19. The standard InChI is InChI=1S/C12H19ClN6S/c1-5-8-10(13)9(18(4)17-8)6-20-12-16-15-11(14)19(12)7(2)3/h7H,5-6H2,1-4H3,(H2,14,15). The van der Waals surface area contributed by atoms with E-state index in [-0.39, 0.29) is 6.04 Å². The summed E-state index contributed by atoms with van der Waals surface area (Å²) in [5, 5.41) is 14.0. The Bertz CT molecular complexity index is 603. The molecule has 0 aliphatic heterocycles. The van der Waals surface area contributed by atoms with Crippen LogP contribution >= 0.6 is 23.4 Å². The molecule has 0 unspecified atom stereocenters. The molecule has 0 aromatic carbocycles. The first-order valence-corrected chi connectivity index (χ1v) is 7.85. The van der Waals surface area contributed by atoms with E-state index in [0.29, 0.717) is 11.7 Å². The largest absolute Gasteiger partial charge is 0.368 e. The van der Waals surface area contributed by atoms with Gasteiger partial charge in [-0.15, -0.1) is 10.2 Å². The maximum atomic E-state index is 6.34. The normalized spacial score (nSPS) is 11.5. The van der Waals surface area contributed by atoms with E-state index in [2.05, 4.69) is 29.1 Å². The molecule has 0 bridgehead atoms. The molecule has 2 N–H and O–H groups in total. The quantitative estimate of drug-likeness (QED) is 0.859. The van der Waals surface area contributed by atoms with Crippen LogP contribution in [0.5, 0.6) is 0 Å². The third-order valence-electron chi connectivity index (χ3n) is 3.05. The third kappa shape index (κ3) is 2.78. The SMILES string of the molecule is CCc1nn(C)c(CSc2nnc(N)n2C(C)C)c1Cl. The first-order valence-electron chi connectivity index (χ1n) is 6.49. The van der Waals surface area contributed by atoms with Gasteiger partial charge in [0.05, 0.1) is 16.4 Å². The summed E-state index contributed by atoms with van der Waals surface area (Å²) in [7, 11) is 1.91. The smallest absolute Gasteiger partial charge is 0.222 e. The van der Waals surface area contributed by atoms with Gasteiger partial charge in [-0.25, -0.2) is 0 Å². The number of hydrogen-bond acceptors (Lipinski definition) is 5. The predicted molar refractivity (Wildman–Crippen MR) is 82.0 cm³/mol. The Labute approximate surface area is 127 Å². The number of aryl methyl sites for hydroxylation is 2. The molecule has 0 fully saturated rings. The average molecular weight is 315 g/mol. The van der Waals surface area contributed by atoms with Crippen molar-refractivity contribution in [1.82, 2.24) is 24.5 Å². The molecule has 0 saturated heterocycles. The highest BCUT2D eigenvalue weighted by Crippen LogP contribution is 2.29. The summed E-state index contributed by atoms with van der Waals surface area (Å²) < 4.78 is 3.74. The maximum absolute atomic E-state index is 6.34. The van der Waals surface area contributed by atoms with E-state index < -0.39 is 0 Å². The average Bonchev–Trinajstić information content (AvgIpc) is 2.88. The van der Waals surface area contributed by atoms with Gasteiger partial charge in [-0.2, -0.15) is 5.10 Å². The molecule has 2 heterocycles. The summed E-state index contributed by atoms with van der Waals surface area (Å²) in [5.74, 6) is 1.13. The number of nitrogens with two attached hydrogens (primary N) is 1. The summed E-state index contributed by atoms with van der Waals surface area (Å²) >= 11 is 7.90. The lowest BCUT2D eigenvalue weighted by Gasteiger charge is -2.11. The Morgan fingerprint density at radius 3 is 2.60 bits per heavy atom. The van der Waals surface area contributed by atoms with E-state index in [1.54, 1.807) is 11.8 Å². The second-order valence-electron chi connectivity index (χ2n) is 4.78. The lowest BCUT2D eigenvalue weighted by molar-refractivity contribution is 0.557. The molecule has 0 atom stereocenters. The van der Waals surface area contributed by atoms with Gasteiger partial charge in [0.25, 0.3) is 0 Å². The lowest BCUT2D eigenvalue weighted by Crippen LogP contribution is -2.07. The fraction of sp³-hybridized carbons (Fsp3) is 0.583. The van der Waals surface area contributed by atoms with Gasteiger partial charge in [0.15, 0.2) is 5.16 Å². The van der Waals surface area contributed by atoms with Crippen LogP contribution in [-0.2, 0) is 19.2 Å². The zero-order valence-corrected chi connectivity index (χ0v) is 13.7. The number of nitrogen functional groups attached to an aromatic ring is 1. The molecular weight excluding hydrogens is 296 g/mol. The highest BCUT2D eigenvalue weighted by Gasteiger charge is 2.17. The summed E-state index contributed by atoms with van der Waals surface area (Å²) in [5.41, 5.74) is 7.75. The van der Waals surface area contributed by atoms with Crippen LogP contribution in [0, 0.1) is 0 Å². The van der Waals surface area contributed by atoms with E-state index in [0.717, 1.165) is 28.0 Å². The van der Waals surface area contributed by atoms with Crippen LogP contribution in [0.15, 0.2) is 5.16 Å². The van der Waals surface area contributed by atoms with Crippen molar-refractivity contribution >= 4 is 29.3 Å². The predicted octanol–water partition coefficient (Wildman–Crippen LogP) is 2.68. The van der Waals surface area contributed by atoms with E-state index in [4.69, 9.17) is 17.3 Å². The van der Waals surface area contributed by atoms with Gasteiger partial charge in [-0.05, 0) is 20.3 Å². The van der Waals surface area contributed by atoms with Crippen LogP contribution in [-0.4, -0.2) is 24.5 Å². The summed E-state index contributed by atoms with van der Waals surface area (Å²) in [4.78, 5) is 0. The van der Waals surface area contributed by atoms with E-state index in [1.165, 1.54) is 0 Å². The summed E-state index contributed by atoms with van der Waals surface area (Å²) in [6.07, 6.45) is 0.826. The number of thioether (sulfide) groups is 1. The number of hydrogen-bond donors (Lipinski definition) is 1. The van der Waals surface area contributed by atoms with Crippen molar-refractivity contribution in [3.05, 3.63) is 16.4 Å². The number of anilines is 1. The first kappa shape index (κ1) is 15.2. The molecule has 2 rings (SSSR count). The number of halogens is 1. The van der Waals surface area contributed by atoms with Gasteiger partial charge < -0.3 is 5.73 Å². The van der Waals surface area contributed by atoms with Crippen molar-refractivity contribution < 1.29 is 0 Å². The fourth-order valence-corrected chi connectivity index (χ4v) is 3.56. The molecule has 8 heteroatoms. The second-order valence-corrected chi connectivity index (χ2v) is 6.10. The van der Waals surface area contributed by atoms with Crippen LogP contribution in [0.25, 0.3) is 0 Å². The van der Waals surface area contributed by atoms with Crippen molar-refractivity contribution in [2.24, 2.45) is 7.05 Å². The topological polar surface area (TPSA) is 74.6 Å². The van der Waals surface area contributed by atoms with Gasteiger partial charge >= 0.3 is 0 Å². The monoisotopic (exact) mass is 314 g/mol. The van der Waals surface area contributed by atoms with Crippen molar-refractivity contribution in [3.63, 3.8) is 0 Å². The van der Waals surface area contributed by atoms with Crippen LogP contribution in [0.1, 0.15) is 38.2 Å². The van der Waals surface area contributed by atoms with Crippen molar-refractivity contribution in [3.8, 4) is 0 Å². The number of nitrogens with zero attached hydrogens (tertiary/aromatic N) is 5. The highest BCUT2D eigenvalue weighted by atomic mass is 35.5. The van der Waals surface area contributed by atoms with Crippen molar-refractivity contribution in [2.75, 3.05) is 5.73 Å². The molecule has 0 saturated carbocycles. The molecule has 0 aliphatic carbocycles. The Morgan fingerprint density at radius 2 is 2.05 bits per heavy atom. The van der Waals surface area contributed by atoms with E-state index in [9.17, 15) is 0 Å². The van der Waals surface area contributed by atoms with Crippen LogP contribution < -0.4 is 5.73 Å². The van der Waals surface area contributed by atoms with Crippen LogP contribution in [0.2, 0.25) is 5.02 Å². The van der Waals surface area contributed by atoms with Crippen LogP contribution in [0.4, 0.5) is 5.95 Å². The zero-order chi connectivity index (χ0) is 14.9. The Hall–Kier alpha value is -1.21. The van der Waals surface area contributed by atoms with E-state index >= 15 is 0 Å². The summed E-state index contributed by atoms with van der Waals surface area (Å²) in [6.45, 7) is 6.15. The molecule has 2 aromatic heterocycles. The second kappa shape index (κ2) is 6.05. The fourth-order valence-electron chi connectivity index (χ4n) is 1.98. The molecule has 0 radical (unpaired) electrons. The van der Waals surface area contributed by atoms with Gasteiger partial charge in [0, 0.05) is 18.8 Å². The first-order chi connectivity index (χ1) is 9.45. The number of rotatable bonds is 5. The Kier molecular flexibility index (Phi) is 4.59. The Morgan fingerprint density at radius 1 is 1.35 bits per heavy atom. The molecule has 110 valence electrons. The maximum Gasteiger partial charge on any atom is 0.222 e. The van der Waals surface area contributed by atoms with Crippen LogP contribution in [0.3, 0.4) is 0 Å². The summed E-state index contributed by atoms with van der Waals surface area (Å²) in [6, 6.07) is 0.223. The van der Waals surface area contributed by atoms with Gasteiger partial charge in [-0.3, -0.25) is 9.25 Å². The molecule has 0 spiro atoms. The van der Waals surface area contributed by atoms with E-state index in [1.807, 2.05) is 23.2 Å². The minimum absolute atomic E-state index is 0.223.